The number of rotatable bonds is 8. The number of carbonyl (C=O) groups is 1. The fourth-order valence-electron chi connectivity index (χ4n) is 0.932. The van der Waals surface area contributed by atoms with Crippen LogP contribution in [0.1, 0.15) is 33.1 Å². The van der Waals surface area contributed by atoms with Crippen molar-refractivity contribution >= 4 is 17.7 Å². The molecule has 0 spiro atoms. The van der Waals surface area contributed by atoms with Crippen LogP contribution in [-0.2, 0) is 4.79 Å². The molecule has 4 heteroatoms. The van der Waals surface area contributed by atoms with E-state index in [2.05, 4.69) is 12.2 Å². The van der Waals surface area contributed by atoms with E-state index in [-0.39, 0.29) is 17.8 Å². The average molecular weight is 219 g/mol. The lowest BCUT2D eigenvalue weighted by atomic mass is 10.3. The summed E-state index contributed by atoms with van der Waals surface area (Å²) in [4.78, 5) is 11.4. The molecule has 0 fully saturated rings. The monoisotopic (exact) mass is 219 g/mol. The Hall–Kier alpha value is -0.220. The summed E-state index contributed by atoms with van der Waals surface area (Å²) in [5, 5.41) is 11.5. The topological polar surface area (TPSA) is 49.3 Å². The van der Waals surface area contributed by atoms with Gasteiger partial charge in [0.2, 0.25) is 5.91 Å². The largest absolute Gasteiger partial charge is 0.396 e. The van der Waals surface area contributed by atoms with Gasteiger partial charge in [-0.25, -0.2) is 0 Å². The quantitative estimate of drug-likeness (QED) is 0.607. The molecule has 1 unspecified atom stereocenters. The van der Waals surface area contributed by atoms with Gasteiger partial charge in [-0.05, 0) is 25.5 Å². The van der Waals surface area contributed by atoms with E-state index in [1.165, 1.54) is 0 Å². The Morgan fingerprint density at radius 3 is 2.79 bits per heavy atom. The van der Waals surface area contributed by atoms with Crippen molar-refractivity contribution in [1.29, 1.82) is 0 Å². The lowest BCUT2D eigenvalue weighted by Crippen LogP contribution is -2.31. The van der Waals surface area contributed by atoms with Crippen LogP contribution in [0.15, 0.2) is 0 Å². The first-order valence-electron chi connectivity index (χ1n) is 5.22. The first kappa shape index (κ1) is 13.8. The summed E-state index contributed by atoms with van der Waals surface area (Å²) < 4.78 is 0. The number of hydrogen-bond donors (Lipinski definition) is 2. The van der Waals surface area contributed by atoms with Crippen LogP contribution in [0.5, 0.6) is 0 Å². The average Bonchev–Trinajstić information content (AvgIpc) is 2.18. The molecule has 1 amide bonds. The first-order valence-corrected chi connectivity index (χ1v) is 6.27. The molecule has 0 aromatic carbocycles. The minimum atomic E-state index is -0.00148. The summed E-state index contributed by atoms with van der Waals surface area (Å²) in [6.07, 6.45) is 2.91. The molecule has 84 valence electrons. The fraction of sp³-hybridized carbons (Fsp3) is 0.900. The van der Waals surface area contributed by atoms with Gasteiger partial charge in [-0.3, -0.25) is 4.79 Å². The maximum Gasteiger partial charge on any atom is 0.232 e. The summed E-state index contributed by atoms with van der Waals surface area (Å²) in [6, 6.07) is 0. The Morgan fingerprint density at radius 1 is 1.50 bits per heavy atom. The number of amides is 1. The van der Waals surface area contributed by atoms with Gasteiger partial charge in [-0.1, -0.05) is 13.3 Å². The molecule has 0 bridgehead atoms. The molecule has 3 nitrogen and oxygen atoms in total. The van der Waals surface area contributed by atoms with E-state index in [0.29, 0.717) is 0 Å². The van der Waals surface area contributed by atoms with Crippen LogP contribution in [0, 0.1) is 0 Å². The standard InChI is InChI=1S/C10H21NO2S/c1-3-4-6-11-10(13)9(2)14-8-5-7-12/h9,12H,3-8H2,1-2H3,(H,11,13). The second-order valence-electron chi connectivity index (χ2n) is 3.23. The SMILES string of the molecule is CCCCNC(=O)C(C)SCCCO. The summed E-state index contributed by atoms with van der Waals surface area (Å²) in [7, 11) is 0. The summed E-state index contributed by atoms with van der Waals surface area (Å²) in [6.45, 7) is 4.99. The van der Waals surface area contributed by atoms with Crippen LogP contribution < -0.4 is 5.32 Å². The molecule has 0 rings (SSSR count). The van der Waals surface area contributed by atoms with E-state index in [4.69, 9.17) is 5.11 Å². The zero-order chi connectivity index (χ0) is 10.8. The highest BCUT2D eigenvalue weighted by Crippen LogP contribution is 2.11. The van der Waals surface area contributed by atoms with Gasteiger partial charge in [0.1, 0.15) is 0 Å². The second kappa shape index (κ2) is 9.34. The van der Waals surface area contributed by atoms with Crippen LogP contribution in [0.25, 0.3) is 0 Å². The highest BCUT2D eigenvalue weighted by Gasteiger charge is 2.11. The zero-order valence-corrected chi connectivity index (χ0v) is 9.90. The van der Waals surface area contributed by atoms with Crippen LogP contribution in [0.2, 0.25) is 0 Å². The lowest BCUT2D eigenvalue weighted by molar-refractivity contribution is -0.120. The third-order valence-corrected chi connectivity index (χ3v) is 3.11. The van der Waals surface area contributed by atoms with Gasteiger partial charge < -0.3 is 10.4 Å². The van der Waals surface area contributed by atoms with Crippen molar-refractivity contribution in [3.05, 3.63) is 0 Å². The van der Waals surface area contributed by atoms with Gasteiger partial charge in [-0.2, -0.15) is 0 Å². The number of nitrogens with one attached hydrogen (secondary N) is 1. The van der Waals surface area contributed by atoms with E-state index >= 15 is 0 Å². The smallest absolute Gasteiger partial charge is 0.232 e. The molecule has 1 atom stereocenters. The van der Waals surface area contributed by atoms with Crippen molar-refractivity contribution in [1.82, 2.24) is 5.32 Å². The number of carbonyl (C=O) groups excluding carboxylic acids is 1. The van der Waals surface area contributed by atoms with E-state index in [9.17, 15) is 4.79 Å². The second-order valence-corrected chi connectivity index (χ2v) is 4.68. The number of thioether (sulfide) groups is 1. The highest BCUT2D eigenvalue weighted by molar-refractivity contribution is 8.00. The Bertz CT molecular complexity index is 153. The molecule has 0 aromatic rings. The van der Waals surface area contributed by atoms with Gasteiger partial charge in [0.25, 0.3) is 0 Å². The summed E-state index contributed by atoms with van der Waals surface area (Å²) in [5.74, 6) is 0.958. The molecule has 0 aliphatic rings. The maximum absolute atomic E-state index is 11.4. The summed E-state index contributed by atoms with van der Waals surface area (Å²) in [5.41, 5.74) is 0. The minimum Gasteiger partial charge on any atom is -0.396 e. The van der Waals surface area contributed by atoms with E-state index in [1.807, 2.05) is 6.92 Å². The lowest BCUT2D eigenvalue weighted by Gasteiger charge is -2.10. The van der Waals surface area contributed by atoms with Crippen molar-refractivity contribution < 1.29 is 9.90 Å². The highest BCUT2D eigenvalue weighted by atomic mass is 32.2. The van der Waals surface area contributed by atoms with Crippen molar-refractivity contribution in [2.45, 2.75) is 38.4 Å². The number of unbranched alkanes of at least 4 members (excludes halogenated alkanes) is 1. The molecule has 2 N–H and O–H groups in total. The van der Waals surface area contributed by atoms with Crippen molar-refractivity contribution in [2.24, 2.45) is 0 Å². The van der Waals surface area contributed by atoms with Crippen LogP contribution >= 0.6 is 11.8 Å². The molecule has 0 saturated heterocycles. The van der Waals surface area contributed by atoms with Gasteiger partial charge in [0, 0.05) is 13.2 Å². The third kappa shape index (κ3) is 7.21. The zero-order valence-electron chi connectivity index (χ0n) is 9.08. The Kier molecular flexibility index (Phi) is 9.19. The van der Waals surface area contributed by atoms with E-state index in [0.717, 1.165) is 31.6 Å². The Morgan fingerprint density at radius 2 is 2.21 bits per heavy atom. The molecule has 0 saturated carbocycles. The van der Waals surface area contributed by atoms with E-state index < -0.39 is 0 Å². The summed E-state index contributed by atoms with van der Waals surface area (Å²) >= 11 is 1.60. The predicted molar refractivity (Wildman–Crippen MR) is 61.5 cm³/mol. The Labute approximate surface area is 90.7 Å². The molecule has 0 aliphatic heterocycles. The van der Waals surface area contributed by atoms with Gasteiger partial charge >= 0.3 is 0 Å². The number of aliphatic hydroxyl groups is 1. The molecule has 0 aromatic heterocycles. The third-order valence-electron chi connectivity index (χ3n) is 1.87. The van der Waals surface area contributed by atoms with Crippen LogP contribution in [0.3, 0.4) is 0 Å². The normalized spacial score (nSPS) is 12.5. The molecule has 0 radical (unpaired) electrons. The maximum atomic E-state index is 11.4. The van der Waals surface area contributed by atoms with E-state index in [1.54, 1.807) is 11.8 Å². The van der Waals surface area contributed by atoms with Gasteiger partial charge in [-0.15, -0.1) is 11.8 Å². The van der Waals surface area contributed by atoms with Crippen LogP contribution in [0.4, 0.5) is 0 Å². The number of aliphatic hydroxyl groups excluding tert-OH is 1. The predicted octanol–water partition coefficient (Wildman–Crippen LogP) is 1.41. The van der Waals surface area contributed by atoms with Gasteiger partial charge in [0.05, 0.1) is 5.25 Å². The van der Waals surface area contributed by atoms with Crippen LogP contribution in [-0.4, -0.2) is 35.2 Å². The Balaban J connectivity index is 3.44. The fourth-order valence-corrected chi connectivity index (χ4v) is 1.82. The molecule has 0 heterocycles. The molecular weight excluding hydrogens is 198 g/mol. The van der Waals surface area contributed by atoms with Gasteiger partial charge in [0.15, 0.2) is 0 Å². The molecule has 0 aliphatic carbocycles. The van der Waals surface area contributed by atoms with Crippen molar-refractivity contribution in [3.8, 4) is 0 Å². The minimum absolute atomic E-state index is 0.00148. The number of hydrogen-bond acceptors (Lipinski definition) is 3. The van der Waals surface area contributed by atoms with Crippen molar-refractivity contribution in [3.63, 3.8) is 0 Å². The first-order chi connectivity index (χ1) is 6.72. The molecular formula is C10H21NO2S. The van der Waals surface area contributed by atoms with Crippen molar-refractivity contribution in [2.75, 3.05) is 18.9 Å². The molecule has 14 heavy (non-hydrogen) atoms.